The highest BCUT2D eigenvalue weighted by molar-refractivity contribution is 5.42. The van der Waals surface area contributed by atoms with E-state index in [1.807, 2.05) is 18.2 Å². The van der Waals surface area contributed by atoms with Crippen molar-refractivity contribution in [3.05, 3.63) is 29.3 Å². The van der Waals surface area contributed by atoms with Gasteiger partial charge in [0.1, 0.15) is 5.75 Å². The van der Waals surface area contributed by atoms with E-state index in [2.05, 4.69) is 31.7 Å². The molecule has 0 aliphatic carbocycles. The van der Waals surface area contributed by atoms with Crippen molar-refractivity contribution in [2.45, 2.75) is 52.6 Å². The van der Waals surface area contributed by atoms with Gasteiger partial charge in [0.2, 0.25) is 0 Å². The van der Waals surface area contributed by atoms with Gasteiger partial charge >= 0.3 is 0 Å². The summed E-state index contributed by atoms with van der Waals surface area (Å²) in [6.07, 6.45) is 3.52. The Morgan fingerprint density at radius 2 is 2.10 bits per heavy atom. The van der Waals surface area contributed by atoms with E-state index < -0.39 is 0 Å². The molecule has 0 aromatic heterocycles. The topological polar surface area (TPSA) is 36.3 Å². The van der Waals surface area contributed by atoms with Gasteiger partial charge in [0.15, 0.2) is 0 Å². The van der Waals surface area contributed by atoms with Crippen LogP contribution in [0.25, 0.3) is 0 Å². The lowest BCUT2D eigenvalue weighted by molar-refractivity contribution is 0.190. The van der Waals surface area contributed by atoms with Crippen LogP contribution in [0.4, 0.5) is 0 Å². The Labute approximate surface area is 123 Å². The van der Waals surface area contributed by atoms with Gasteiger partial charge < -0.3 is 4.74 Å². The molecule has 0 saturated carbocycles. The molecular weight excluding hydrogens is 248 g/mol. The van der Waals surface area contributed by atoms with Gasteiger partial charge in [-0.3, -0.25) is 4.90 Å². The summed E-state index contributed by atoms with van der Waals surface area (Å²) in [7, 11) is 1.69. The first-order valence-corrected chi connectivity index (χ1v) is 7.47. The van der Waals surface area contributed by atoms with Crippen LogP contribution >= 0.6 is 0 Å². The van der Waals surface area contributed by atoms with E-state index >= 15 is 0 Å². The van der Waals surface area contributed by atoms with Gasteiger partial charge in [-0.1, -0.05) is 20.3 Å². The Morgan fingerprint density at radius 1 is 1.35 bits per heavy atom. The van der Waals surface area contributed by atoms with Gasteiger partial charge in [-0.2, -0.15) is 5.26 Å². The van der Waals surface area contributed by atoms with Crippen LogP contribution in [-0.4, -0.2) is 24.6 Å². The van der Waals surface area contributed by atoms with Crippen LogP contribution in [0.15, 0.2) is 18.2 Å². The van der Waals surface area contributed by atoms with E-state index in [1.54, 1.807) is 7.11 Å². The molecule has 1 rings (SSSR count). The standard InChI is InChI=1S/C17H26N2O/c1-5-7-10-19(14(3)6-2)13-16-11-15(12-18)8-9-17(16)20-4/h8-9,11,14H,5-7,10,13H2,1-4H3. The smallest absolute Gasteiger partial charge is 0.123 e. The van der Waals surface area contributed by atoms with Crippen LogP contribution in [0.3, 0.4) is 0 Å². The van der Waals surface area contributed by atoms with E-state index in [0.717, 1.165) is 30.8 Å². The Bertz CT molecular complexity index is 451. The molecule has 0 aliphatic rings. The summed E-state index contributed by atoms with van der Waals surface area (Å²) in [5, 5.41) is 9.05. The highest BCUT2D eigenvalue weighted by Gasteiger charge is 2.15. The van der Waals surface area contributed by atoms with Crippen LogP contribution in [0.5, 0.6) is 5.75 Å². The molecule has 0 bridgehead atoms. The molecule has 3 nitrogen and oxygen atoms in total. The van der Waals surface area contributed by atoms with Crippen LogP contribution in [0.2, 0.25) is 0 Å². The Hall–Kier alpha value is -1.53. The minimum atomic E-state index is 0.539. The molecular formula is C17H26N2O. The summed E-state index contributed by atoms with van der Waals surface area (Å²) in [5.74, 6) is 0.869. The predicted octanol–water partition coefficient (Wildman–Crippen LogP) is 3.97. The summed E-state index contributed by atoms with van der Waals surface area (Å²) in [6.45, 7) is 8.62. The molecule has 0 amide bonds. The molecule has 1 atom stereocenters. The second kappa shape index (κ2) is 8.60. The summed E-state index contributed by atoms with van der Waals surface area (Å²) < 4.78 is 5.43. The minimum Gasteiger partial charge on any atom is -0.496 e. The lowest BCUT2D eigenvalue weighted by Crippen LogP contribution is -2.33. The Balaban J connectivity index is 2.93. The Kier molecular flexibility index (Phi) is 7.11. The molecule has 0 N–H and O–H groups in total. The lowest BCUT2D eigenvalue weighted by atomic mass is 10.1. The van der Waals surface area contributed by atoms with Crippen molar-refractivity contribution in [3.63, 3.8) is 0 Å². The van der Waals surface area contributed by atoms with Crippen LogP contribution < -0.4 is 4.74 Å². The quantitative estimate of drug-likeness (QED) is 0.719. The SMILES string of the molecule is CCCCN(Cc1cc(C#N)ccc1OC)C(C)CC. The third kappa shape index (κ3) is 4.54. The van der Waals surface area contributed by atoms with Crippen molar-refractivity contribution in [1.29, 1.82) is 5.26 Å². The molecule has 1 unspecified atom stereocenters. The zero-order valence-corrected chi connectivity index (χ0v) is 13.1. The normalized spacial score (nSPS) is 12.2. The number of nitriles is 1. The van der Waals surface area contributed by atoms with Crippen LogP contribution in [-0.2, 0) is 6.54 Å². The number of hydrogen-bond donors (Lipinski definition) is 0. The van der Waals surface area contributed by atoms with Crippen molar-refractivity contribution in [2.24, 2.45) is 0 Å². The lowest BCUT2D eigenvalue weighted by Gasteiger charge is -2.29. The maximum Gasteiger partial charge on any atom is 0.123 e. The molecule has 1 aromatic carbocycles. The third-order valence-electron chi connectivity index (χ3n) is 3.80. The highest BCUT2D eigenvalue weighted by atomic mass is 16.5. The number of rotatable bonds is 8. The summed E-state index contributed by atoms with van der Waals surface area (Å²) >= 11 is 0. The fraction of sp³-hybridized carbons (Fsp3) is 0.588. The van der Waals surface area contributed by atoms with Crippen molar-refractivity contribution in [1.82, 2.24) is 4.90 Å². The average molecular weight is 274 g/mol. The van der Waals surface area contributed by atoms with Gasteiger partial charge in [0.05, 0.1) is 18.7 Å². The second-order valence-corrected chi connectivity index (χ2v) is 5.22. The molecule has 1 aromatic rings. The fourth-order valence-electron chi connectivity index (χ4n) is 2.27. The van der Waals surface area contributed by atoms with Crippen molar-refractivity contribution in [3.8, 4) is 11.8 Å². The number of benzene rings is 1. The zero-order valence-electron chi connectivity index (χ0n) is 13.1. The summed E-state index contributed by atoms with van der Waals surface area (Å²) in [6, 6.07) is 8.39. The number of nitrogens with zero attached hydrogens (tertiary/aromatic N) is 2. The summed E-state index contributed by atoms with van der Waals surface area (Å²) in [5.41, 5.74) is 1.79. The van der Waals surface area contributed by atoms with Gasteiger partial charge in [0, 0.05) is 18.2 Å². The predicted molar refractivity (Wildman–Crippen MR) is 82.8 cm³/mol. The maximum absolute atomic E-state index is 9.05. The van der Waals surface area contributed by atoms with Crippen LogP contribution in [0, 0.1) is 11.3 Å². The van der Waals surface area contributed by atoms with Crippen molar-refractivity contribution in [2.75, 3.05) is 13.7 Å². The third-order valence-corrected chi connectivity index (χ3v) is 3.80. The first-order chi connectivity index (χ1) is 9.65. The van der Waals surface area contributed by atoms with E-state index in [4.69, 9.17) is 10.00 Å². The molecule has 110 valence electrons. The van der Waals surface area contributed by atoms with Crippen molar-refractivity contribution >= 4 is 0 Å². The molecule has 0 saturated heterocycles. The highest BCUT2D eigenvalue weighted by Crippen LogP contribution is 2.23. The van der Waals surface area contributed by atoms with Gasteiger partial charge in [-0.05, 0) is 44.5 Å². The largest absolute Gasteiger partial charge is 0.496 e. The van der Waals surface area contributed by atoms with Gasteiger partial charge in [-0.15, -0.1) is 0 Å². The van der Waals surface area contributed by atoms with Gasteiger partial charge in [0.25, 0.3) is 0 Å². The molecule has 20 heavy (non-hydrogen) atoms. The monoisotopic (exact) mass is 274 g/mol. The second-order valence-electron chi connectivity index (χ2n) is 5.22. The first-order valence-electron chi connectivity index (χ1n) is 7.47. The molecule has 3 heteroatoms. The number of methoxy groups -OCH3 is 1. The first kappa shape index (κ1) is 16.5. The number of ether oxygens (including phenoxy) is 1. The number of unbranched alkanes of at least 4 members (excludes halogenated alkanes) is 1. The zero-order chi connectivity index (χ0) is 15.0. The molecule has 0 fully saturated rings. The molecule has 0 aliphatic heterocycles. The molecule has 0 heterocycles. The summed E-state index contributed by atoms with van der Waals surface area (Å²) in [4.78, 5) is 2.47. The fourth-order valence-corrected chi connectivity index (χ4v) is 2.27. The average Bonchev–Trinajstić information content (AvgIpc) is 2.50. The van der Waals surface area contributed by atoms with Crippen molar-refractivity contribution < 1.29 is 4.74 Å². The molecule has 0 spiro atoms. The van der Waals surface area contributed by atoms with E-state index in [-0.39, 0.29) is 0 Å². The molecule has 0 radical (unpaired) electrons. The number of hydrogen-bond acceptors (Lipinski definition) is 3. The van der Waals surface area contributed by atoms with Crippen LogP contribution in [0.1, 0.15) is 51.2 Å². The maximum atomic E-state index is 9.05. The van der Waals surface area contributed by atoms with Gasteiger partial charge in [-0.25, -0.2) is 0 Å². The van der Waals surface area contributed by atoms with E-state index in [9.17, 15) is 0 Å². The van der Waals surface area contributed by atoms with E-state index in [1.165, 1.54) is 12.8 Å². The minimum absolute atomic E-state index is 0.539. The van der Waals surface area contributed by atoms with E-state index in [0.29, 0.717) is 11.6 Å². The Morgan fingerprint density at radius 3 is 2.65 bits per heavy atom.